The number of rotatable bonds is 4. The minimum absolute atomic E-state index is 0.00873. The first-order chi connectivity index (χ1) is 11.0. The zero-order valence-electron chi connectivity index (χ0n) is 12.9. The molecule has 0 N–H and O–H groups in total. The molecular formula is C17H16N2O3S. The van der Waals surface area contributed by atoms with E-state index in [9.17, 15) is 8.42 Å². The second-order valence-corrected chi connectivity index (χ2v) is 7.48. The number of methoxy groups -OCH3 is 1. The van der Waals surface area contributed by atoms with Gasteiger partial charge in [0.15, 0.2) is 9.84 Å². The summed E-state index contributed by atoms with van der Waals surface area (Å²) in [4.78, 5) is 8.78. The Labute approximate surface area is 134 Å². The molecule has 1 aromatic carbocycles. The van der Waals surface area contributed by atoms with E-state index in [2.05, 4.69) is 9.97 Å². The molecule has 0 unspecified atom stereocenters. The monoisotopic (exact) mass is 328 g/mol. The molecule has 0 bridgehead atoms. The molecule has 2 aromatic heterocycles. The molecular weight excluding hydrogens is 312 g/mol. The first-order valence-corrected chi connectivity index (χ1v) is 9.09. The van der Waals surface area contributed by atoms with Gasteiger partial charge in [0.05, 0.1) is 18.6 Å². The zero-order chi connectivity index (χ0) is 16.4. The smallest absolute Gasteiger partial charge is 0.151 e. The van der Waals surface area contributed by atoms with Gasteiger partial charge in [0, 0.05) is 29.6 Å². The Hall–Kier alpha value is -2.47. The molecule has 0 amide bonds. The maximum absolute atomic E-state index is 11.4. The lowest BCUT2D eigenvalue weighted by molar-refractivity contribution is 0.419. The third-order valence-electron chi connectivity index (χ3n) is 3.48. The number of benzene rings is 1. The molecule has 0 saturated heterocycles. The Kier molecular flexibility index (Phi) is 4.00. The molecule has 0 fully saturated rings. The second kappa shape index (κ2) is 5.96. The van der Waals surface area contributed by atoms with Crippen molar-refractivity contribution in [3.05, 3.63) is 54.4 Å². The topological polar surface area (TPSA) is 69.2 Å². The van der Waals surface area contributed by atoms with E-state index < -0.39 is 9.84 Å². The molecule has 6 heteroatoms. The summed E-state index contributed by atoms with van der Waals surface area (Å²) in [7, 11) is -1.45. The summed E-state index contributed by atoms with van der Waals surface area (Å²) in [5.41, 5.74) is 3.14. The van der Waals surface area contributed by atoms with Crippen LogP contribution in [0.3, 0.4) is 0 Å². The first kappa shape index (κ1) is 15.4. The van der Waals surface area contributed by atoms with Crippen LogP contribution in [0.1, 0.15) is 5.56 Å². The van der Waals surface area contributed by atoms with Gasteiger partial charge in [-0.1, -0.05) is 12.1 Å². The van der Waals surface area contributed by atoms with Crippen LogP contribution in [-0.4, -0.2) is 31.8 Å². The SMILES string of the molecule is COc1ccc(-c2ccc(CS(C)(=O)=O)cn2)c2cccnc12. The van der Waals surface area contributed by atoms with Crippen molar-refractivity contribution in [2.24, 2.45) is 0 Å². The summed E-state index contributed by atoms with van der Waals surface area (Å²) < 4.78 is 28.0. The van der Waals surface area contributed by atoms with Gasteiger partial charge in [-0.05, 0) is 29.8 Å². The van der Waals surface area contributed by atoms with Crippen molar-refractivity contribution in [1.29, 1.82) is 0 Å². The van der Waals surface area contributed by atoms with Crippen LogP contribution in [0.4, 0.5) is 0 Å². The molecule has 0 aliphatic heterocycles. The van der Waals surface area contributed by atoms with Crippen molar-refractivity contribution >= 4 is 20.7 Å². The number of aromatic nitrogens is 2. The average Bonchev–Trinajstić information content (AvgIpc) is 2.53. The summed E-state index contributed by atoms with van der Waals surface area (Å²) in [6, 6.07) is 11.2. The molecule has 2 heterocycles. The van der Waals surface area contributed by atoms with E-state index in [1.165, 1.54) is 6.26 Å². The van der Waals surface area contributed by atoms with E-state index in [1.807, 2.05) is 30.3 Å². The maximum Gasteiger partial charge on any atom is 0.151 e. The maximum atomic E-state index is 11.4. The van der Waals surface area contributed by atoms with Crippen molar-refractivity contribution in [2.75, 3.05) is 13.4 Å². The van der Waals surface area contributed by atoms with Crippen LogP contribution in [0, 0.1) is 0 Å². The third kappa shape index (κ3) is 3.32. The Morgan fingerprint density at radius 2 is 1.91 bits per heavy atom. The predicted octanol–water partition coefficient (Wildman–Crippen LogP) is 2.85. The van der Waals surface area contributed by atoms with Gasteiger partial charge in [0.1, 0.15) is 11.3 Å². The molecule has 0 aliphatic rings. The van der Waals surface area contributed by atoms with Gasteiger partial charge in [-0.25, -0.2) is 8.42 Å². The van der Waals surface area contributed by atoms with E-state index in [-0.39, 0.29) is 5.75 Å². The number of fused-ring (bicyclic) bond motifs is 1. The average molecular weight is 328 g/mol. The molecule has 0 atom stereocenters. The highest BCUT2D eigenvalue weighted by molar-refractivity contribution is 7.89. The standard InChI is InChI=1S/C17H16N2O3S/c1-22-16-8-6-13(14-4-3-9-18-17(14)16)15-7-5-12(10-19-15)11-23(2,20)21/h3-10H,11H2,1-2H3. The van der Waals surface area contributed by atoms with Gasteiger partial charge in [-0.2, -0.15) is 0 Å². The second-order valence-electron chi connectivity index (χ2n) is 5.34. The lowest BCUT2D eigenvalue weighted by Crippen LogP contribution is -2.01. The largest absolute Gasteiger partial charge is 0.494 e. The van der Waals surface area contributed by atoms with Gasteiger partial charge in [0.2, 0.25) is 0 Å². The van der Waals surface area contributed by atoms with Crippen LogP contribution in [0.15, 0.2) is 48.8 Å². The molecule has 0 spiro atoms. The Bertz CT molecular complexity index is 951. The fraction of sp³-hybridized carbons (Fsp3) is 0.176. The van der Waals surface area contributed by atoms with Gasteiger partial charge in [-0.15, -0.1) is 0 Å². The van der Waals surface area contributed by atoms with Gasteiger partial charge < -0.3 is 4.74 Å². The Morgan fingerprint density at radius 3 is 2.57 bits per heavy atom. The number of nitrogens with zero attached hydrogens (tertiary/aromatic N) is 2. The van der Waals surface area contributed by atoms with Crippen LogP contribution < -0.4 is 4.74 Å². The van der Waals surface area contributed by atoms with Crippen LogP contribution in [-0.2, 0) is 15.6 Å². The number of sulfone groups is 1. The highest BCUT2D eigenvalue weighted by atomic mass is 32.2. The fourth-order valence-electron chi connectivity index (χ4n) is 2.51. The number of pyridine rings is 2. The van der Waals surface area contributed by atoms with Crippen molar-refractivity contribution in [1.82, 2.24) is 9.97 Å². The zero-order valence-corrected chi connectivity index (χ0v) is 13.7. The van der Waals surface area contributed by atoms with Crippen LogP contribution in [0.25, 0.3) is 22.2 Å². The quantitative estimate of drug-likeness (QED) is 0.736. The molecule has 118 valence electrons. The molecule has 5 nitrogen and oxygen atoms in total. The minimum atomic E-state index is -3.06. The minimum Gasteiger partial charge on any atom is -0.494 e. The highest BCUT2D eigenvalue weighted by Crippen LogP contribution is 2.32. The van der Waals surface area contributed by atoms with E-state index in [4.69, 9.17) is 4.74 Å². The number of ether oxygens (including phenoxy) is 1. The van der Waals surface area contributed by atoms with E-state index >= 15 is 0 Å². The molecule has 0 saturated carbocycles. The Morgan fingerprint density at radius 1 is 1.09 bits per heavy atom. The predicted molar refractivity (Wildman–Crippen MR) is 90.1 cm³/mol. The molecule has 3 rings (SSSR count). The lowest BCUT2D eigenvalue weighted by atomic mass is 10.0. The van der Waals surface area contributed by atoms with Gasteiger partial charge in [-0.3, -0.25) is 9.97 Å². The summed E-state index contributed by atoms with van der Waals surface area (Å²) in [6.07, 6.45) is 4.53. The third-order valence-corrected chi connectivity index (χ3v) is 4.34. The molecule has 0 aliphatic carbocycles. The van der Waals surface area contributed by atoms with Crippen molar-refractivity contribution in [2.45, 2.75) is 5.75 Å². The summed E-state index contributed by atoms with van der Waals surface area (Å²) in [5, 5.41) is 0.940. The van der Waals surface area contributed by atoms with Crippen molar-refractivity contribution < 1.29 is 13.2 Å². The summed E-state index contributed by atoms with van der Waals surface area (Å²) in [5.74, 6) is 0.698. The Balaban J connectivity index is 2.07. The molecule has 3 aromatic rings. The van der Waals surface area contributed by atoms with E-state index in [1.54, 1.807) is 25.6 Å². The van der Waals surface area contributed by atoms with Crippen molar-refractivity contribution in [3.8, 4) is 17.0 Å². The molecule has 23 heavy (non-hydrogen) atoms. The number of hydrogen-bond donors (Lipinski definition) is 0. The summed E-state index contributed by atoms with van der Waals surface area (Å²) in [6.45, 7) is 0. The van der Waals surface area contributed by atoms with Gasteiger partial charge >= 0.3 is 0 Å². The highest BCUT2D eigenvalue weighted by Gasteiger charge is 2.11. The van der Waals surface area contributed by atoms with Crippen molar-refractivity contribution in [3.63, 3.8) is 0 Å². The van der Waals surface area contributed by atoms with E-state index in [0.717, 1.165) is 22.2 Å². The number of hydrogen-bond acceptors (Lipinski definition) is 5. The van der Waals surface area contributed by atoms with Crippen LogP contribution in [0.5, 0.6) is 5.75 Å². The van der Waals surface area contributed by atoms with Crippen LogP contribution in [0.2, 0.25) is 0 Å². The normalized spacial score (nSPS) is 11.6. The summed E-state index contributed by atoms with van der Waals surface area (Å²) >= 11 is 0. The molecule has 0 radical (unpaired) electrons. The van der Waals surface area contributed by atoms with E-state index in [0.29, 0.717) is 11.3 Å². The lowest BCUT2D eigenvalue weighted by Gasteiger charge is -2.09. The van der Waals surface area contributed by atoms with Gasteiger partial charge in [0.25, 0.3) is 0 Å². The van der Waals surface area contributed by atoms with Crippen LogP contribution >= 0.6 is 0 Å². The fourth-order valence-corrected chi connectivity index (χ4v) is 3.28. The first-order valence-electron chi connectivity index (χ1n) is 7.03.